The van der Waals surface area contributed by atoms with Gasteiger partial charge in [-0.3, -0.25) is 0 Å². The zero-order valence-corrected chi connectivity index (χ0v) is 23.4. The van der Waals surface area contributed by atoms with Crippen molar-refractivity contribution in [1.29, 1.82) is 0 Å². The highest BCUT2D eigenvalue weighted by Crippen LogP contribution is 2.52. The SMILES string of the molecule is CC#CC[C@@H](C)[C@H](O)C=C[C@@H]1[C@H]2c3cccc(CCCC)c3O[C@H]2C[C@H]1O.CCCCNCCCC. The molecule has 0 aromatic heterocycles. The highest BCUT2D eigenvalue weighted by Gasteiger charge is 2.48. The largest absolute Gasteiger partial charge is 0.489 e. The van der Waals surface area contributed by atoms with E-state index in [4.69, 9.17) is 4.74 Å². The molecule has 4 nitrogen and oxygen atoms in total. The van der Waals surface area contributed by atoms with Crippen molar-refractivity contribution in [2.24, 2.45) is 11.8 Å². The number of aryl methyl sites for hydroxylation is 1. The summed E-state index contributed by atoms with van der Waals surface area (Å²) in [6, 6.07) is 6.42. The Kier molecular flexibility index (Phi) is 14.2. The molecule has 36 heavy (non-hydrogen) atoms. The van der Waals surface area contributed by atoms with Gasteiger partial charge in [0.05, 0.1) is 12.2 Å². The second-order valence-electron chi connectivity index (χ2n) is 10.4. The molecular weight excluding hydrogens is 446 g/mol. The summed E-state index contributed by atoms with van der Waals surface area (Å²) in [7, 11) is 0. The summed E-state index contributed by atoms with van der Waals surface area (Å²) in [6.45, 7) is 12.9. The van der Waals surface area contributed by atoms with Crippen molar-refractivity contribution in [2.45, 2.75) is 117 Å². The molecule has 0 spiro atoms. The Morgan fingerprint density at radius 2 is 1.81 bits per heavy atom. The number of hydrogen-bond acceptors (Lipinski definition) is 4. The van der Waals surface area contributed by atoms with E-state index < -0.39 is 12.2 Å². The van der Waals surface area contributed by atoms with E-state index in [0.717, 1.165) is 18.6 Å². The molecule has 1 aliphatic carbocycles. The summed E-state index contributed by atoms with van der Waals surface area (Å²) >= 11 is 0. The van der Waals surface area contributed by atoms with Crippen LogP contribution in [-0.4, -0.2) is 41.6 Å². The van der Waals surface area contributed by atoms with Gasteiger partial charge in [0.2, 0.25) is 0 Å². The topological polar surface area (TPSA) is 61.7 Å². The van der Waals surface area contributed by atoms with Crippen molar-refractivity contribution in [3.8, 4) is 17.6 Å². The Bertz CT molecular complexity index is 834. The van der Waals surface area contributed by atoms with Gasteiger partial charge in [-0.05, 0) is 57.2 Å². The van der Waals surface area contributed by atoms with E-state index in [1.165, 1.54) is 56.3 Å². The number of nitrogens with one attached hydrogen (secondary N) is 1. The van der Waals surface area contributed by atoms with E-state index in [9.17, 15) is 10.2 Å². The number of unbranched alkanes of at least 4 members (excludes halogenated alkanes) is 3. The number of aliphatic hydroxyl groups is 2. The number of aliphatic hydroxyl groups excluding tert-OH is 2. The van der Waals surface area contributed by atoms with E-state index in [1.807, 2.05) is 26.0 Å². The van der Waals surface area contributed by atoms with Crippen LogP contribution in [-0.2, 0) is 6.42 Å². The van der Waals surface area contributed by atoms with Crippen LogP contribution >= 0.6 is 0 Å². The summed E-state index contributed by atoms with van der Waals surface area (Å²) in [5, 5.41) is 24.4. The maximum absolute atomic E-state index is 10.6. The van der Waals surface area contributed by atoms with Crippen molar-refractivity contribution in [3.05, 3.63) is 41.5 Å². The molecule has 1 aromatic rings. The molecule has 0 amide bonds. The first-order valence-electron chi connectivity index (χ1n) is 14.4. The molecule has 202 valence electrons. The van der Waals surface area contributed by atoms with Crippen LogP contribution in [0.25, 0.3) is 0 Å². The minimum absolute atomic E-state index is 0.0169. The lowest BCUT2D eigenvalue weighted by Gasteiger charge is -2.19. The summed E-state index contributed by atoms with van der Waals surface area (Å²) in [6.07, 6.45) is 12.9. The molecule has 1 aromatic carbocycles. The standard InChI is InChI=1S/C24H32O3.C8H19N/c1-4-6-9-16(3)20(25)14-13-18-21(26)15-22-23(18)19-12-8-11-17(10-7-5-2)24(19)27-22;1-3-5-7-9-8-6-4-2/h8,11-14,16,18,20-23,25-26H,5,7,9-10,15H2,1-3H3;9H,3-8H2,1-2H3/t16-,18+,20-,21-,22+,23+;/m1./s1. The average Bonchev–Trinajstić information content (AvgIpc) is 3.39. The van der Waals surface area contributed by atoms with Crippen molar-refractivity contribution < 1.29 is 14.9 Å². The molecule has 0 unspecified atom stereocenters. The van der Waals surface area contributed by atoms with Crippen LogP contribution in [0.5, 0.6) is 5.75 Å². The summed E-state index contributed by atoms with van der Waals surface area (Å²) in [5.74, 6) is 7.18. The fourth-order valence-corrected chi connectivity index (χ4v) is 5.08. The summed E-state index contributed by atoms with van der Waals surface area (Å²) < 4.78 is 6.29. The molecule has 0 saturated heterocycles. The zero-order chi connectivity index (χ0) is 26.3. The maximum atomic E-state index is 10.6. The number of benzene rings is 1. The molecule has 1 heterocycles. The van der Waals surface area contributed by atoms with E-state index in [2.05, 4.69) is 56.1 Å². The molecule has 0 bridgehead atoms. The first-order chi connectivity index (χ1) is 17.5. The van der Waals surface area contributed by atoms with Gasteiger partial charge in [-0.2, -0.15) is 0 Å². The van der Waals surface area contributed by atoms with Gasteiger partial charge in [0.15, 0.2) is 0 Å². The summed E-state index contributed by atoms with van der Waals surface area (Å²) in [5.41, 5.74) is 2.51. The third-order valence-electron chi connectivity index (χ3n) is 7.42. The lowest BCUT2D eigenvalue weighted by molar-refractivity contribution is 0.134. The second-order valence-corrected chi connectivity index (χ2v) is 10.4. The minimum Gasteiger partial charge on any atom is -0.489 e. The smallest absolute Gasteiger partial charge is 0.126 e. The maximum Gasteiger partial charge on any atom is 0.126 e. The van der Waals surface area contributed by atoms with E-state index in [-0.39, 0.29) is 23.9 Å². The van der Waals surface area contributed by atoms with Gasteiger partial charge < -0.3 is 20.3 Å². The molecule has 2 aliphatic rings. The van der Waals surface area contributed by atoms with Crippen LogP contribution in [0, 0.1) is 23.7 Å². The fraction of sp³-hybridized carbons (Fsp3) is 0.688. The summed E-state index contributed by atoms with van der Waals surface area (Å²) in [4.78, 5) is 0. The molecule has 6 atom stereocenters. The van der Waals surface area contributed by atoms with Gasteiger partial charge >= 0.3 is 0 Å². The molecule has 1 saturated carbocycles. The molecule has 3 rings (SSSR count). The number of para-hydroxylation sites is 1. The third-order valence-corrected chi connectivity index (χ3v) is 7.42. The molecule has 3 N–H and O–H groups in total. The first-order valence-corrected chi connectivity index (χ1v) is 14.4. The van der Waals surface area contributed by atoms with Crippen molar-refractivity contribution >= 4 is 0 Å². The van der Waals surface area contributed by atoms with Crippen LogP contribution in [0.4, 0.5) is 0 Å². The van der Waals surface area contributed by atoms with Crippen LogP contribution < -0.4 is 10.1 Å². The number of ether oxygens (including phenoxy) is 1. The predicted octanol–water partition coefficient (Wildman–Crippen LogP) is 6.40. The van der Waals surface area contributed by atoms with Gasteiger partial charge in [0, 0.05) is 30.2 Å². The van der Waals surface area contributed by atoms with Gasteiger partial charge in [-0.25, -0.2) is 0 Å². The Labute approximate surface area is 220 Å². The number of rotatable bonds is 13. The van der Waals surface area contributed by atoms with Crippen LogP contribution in [0.3, 0.4) is 0 Å². The predicted molar refractivity (Wildman–Crippen MR) is 151 cm³/mol. The van der Waals surface area contributed by atoms with Gasteiger partial charge in [0.1, 0.15) is 11.9 Å². The van der Waals surface area contributed by atoms with Crippen LogP contribution in [0.15, 0.2) is 30.4 Å². The number of fused-ring (bicyclic) bond motifs is 3. The van der Waals surface area contributed by atoms with Crippen molar-refractivity contribution in [1.82, 2.24) is 5.32 Å². The van der Waals surface area contributed by atoms with Crippen molar-refractivity contribution in [2.75, 3.05) is 13.1 Å². The average molecular weight is 498 g/mol. The molecule has 1 aliphatic heterocycles. The molecule has 0 radical (unpaired) electrons. The zero-order valence-electron chi connectivity index (χ0n) is 23.4. The monoisotopic (exact) mass is 497 g/mol. The molecular formula is C32H51NO3. The first kappa shape index (κ1) is 30.4. The normalized spacial score (nSPS) is 23.6. The molecule has 4 heteroatoms. The van der Waals surface area contributed by atoms with E-state index in [0.29, 0.717) is 12.8 Å². The molecule has 1 fully saturated rings. The Hall–Kier alpha value is -1.80. The third kappa shape index (κ3) is 8.94. The Balaban J connectivity index is 0.000000434. The lowest BCUT2D eigenvalue weighted by atomic mass is 9.86. The lowest BCUT2D eigenvalue weighted by Crippen LogP contribution is -2.19. The highest BCUT2D eigenvalue weighted by atomic mass is 16.5. The van der Waals surface area contributed by atoms with Gasteiger partial charge in [0.25, 0.3) is 0 Å². The van der Waals surface area contributed by atoms with Crippen LogP contribution in [0.2, 0.25) is 0 Å². The highest BCUT2D eigenvalue weighted by molar-refractivity contribution is 5.49. The Morgan fingerprint density at radius 1 is 1.11 bits per heavy atom. The minimum atomic E-state index is -0.546. The van der Waals surface area contributed by atoms with Crippen LogP contribution in [0.1, 0.15) is 103 Å². The Morgan fingerprint density at radius 3 is 2.44 bits per heavy atom. The fourth-order valence-electron chi connectivity index (χ4n) is 5.08. The number of hydrogen-bond donors (Lipinski definition) is 3. The van der Waals surface area contributed by atoms with Crippen molar-refractivity contribution in [3.63, 3.8) is 0 Å². The quantitative estimate of drug-likeness (QED) is 0.168. The van der Waals surface area contributed by atoms with E-state index in [1.54, 1.807) is 0 Å². The van der Waals surface area contributed by atoms with Gasteiger partial charge in [-0.15, -0.1) is 11.8 Å². The second kappa shape index (κ2) is 16.8. The van der Waals surface area contributed by atoms with E-state index >= 15 is 0 Å². The van der Waals surface area contributed by atoms with Gasteiger partial charge in [-0.1, -0.05) is 77.3 Å².